The van der Waals surface area contributed by atoms with Gasteiger partial charge in [-0.05, 0) is 19.1 Å². The highest BCUT2D eigenvalue weighted by Crippen LogP contribution is 2.24. The highest BCUT2D eigenvalue weighted by Gasteiger charge is 2.28. The molecule has 5 heteroatoms. The predicted molar refractivity (Wildman–Crippen MR) is 86.1 cm³/mol. The molecule has 0 spiro atoms. The molecule has 0 radical (unpaired) electrons. The average Bonchev–Trinajstić information content (AvgIpc) is 2.53. The lowest BCUT2D eigenvalue weighted by atomic mass is 9.95. The first-order chi connectivity index (χ1) is 10.6. The van der Waals surface area contributed by atoms with E-state index in [2.05, 4.69) is 4.72 Å². The van der Waals surface area contributed by atoms with E-state index < -0.39 is 11.0 Å². The van der Waals surface area contributed by atoms with Crippen molar-refractivity contribution < 1.29 is 13.8 Å². The summed E-state index contributed by atoms with van der Waals surface area (Å²) < 4.78 is 15.1. The molecule has 0 heterocycles. The number of allylic oxidation sites excluding steroid dienone is 2. The van der Waals surface area contributed by atoms with Gasteiger partial charge in [-0.2, -0.15) is 0 Å². The lowest BCUT2D eigenvalue weighted by Gasteiger charge is -2.15. The van der Waals surface area contributed by atoms with Crippen LogP contribution in [-0.2, 0) is 11.0 Å². The molecule has 1 N–H and O–H groups in total. The third kappa shape index (κ3) is 2.63. The number of carbonyl (C=O) groups is 2. The van der Waals surface area contributed by atoms with Gasteiger partial charge in [0.05, 0.1) is 0 Å². The Balaban J connectivity index is 1.89. The van der Waals surface area contributed by atoms with Crippen molar-refractivity contribution in [1.29, 1.82) is 0 Å². The van der Waals surface area contributed by atoms with Gasteiger partial charge in [-0.1, -0.05) is 42.0 Å². The number of hydrogen-bond acceptors (Lipinski definition) is 3. The Hall–Kier alpha value is -2.53. The summed E-state index contributed by atoms with van der Waals surface area (Å²) in [6.45, 7) is 1.95. The maximum Gasteiger partial charge on any atom is 0.204 e. The Morgan fingerprint density at radius 2 is 1.55 bits per heavy atom. The Morgan fingerprint density at radius 1 is 0.909 bits per heavy atom. The maximum absolute atomic E-state index is 12.4. The highest BCUT2D eigenvalue weighted by atomic mass is 32.2. The number of aryl methyl sites for hydroxylation is 1. The number of hydrogen-bond donors (Lipinski definition) is 1. The third-order valence-electron chi connectivity index (χ3n) is 3.38. The van der Waals surface area contributed by atoms with Crippen LogP contribution in [0.4, 0.5) is 5.69 Å². The van der Waals surface area contributed by atoms with Crippen molar-refractivity contribution in [3.05, 3.63) is 76.2 Å². The quantitative estimate of drug-likeness (QED) is 0.947. The van der Waals surface area contributed by atoms with Crippen LogP contribution in [0.5, 0.6) is 0 Å². The second-order valence-corrected chi connectivity index (χ2v) is 6.17. The first-order valence-corrected chi connectivity index (χ1v) is 7.86. The lowest BCUT2D eigenvalue weighted by molar-refractivity contribution is 0.0991. The molecule has 2 aromatic carbocycles. The molecule has 0 bridgehead atoms. The first kappa shape index (κ1) is 14.4. The zero-order valence-electron chi connectivity index (χ0n) is 11.8. The number of anilines is 1. The zero-order chi connectivity index (χ0) is 15.7. The lowest BCUT2D eigenvalue weighted by Crippen LogP contribution is -2.22. The molecular weight excluding hydrogens is 298 g/mol. The summed E-state index contributed by atoms with van der Waals surface area (Å²) in [5.41, 5.74) is 2.35. The molecule has 110 valence electrons. The second-order valence-electron chi connectivity index (χ2n) is 4.98. The minimum Gasteiger partial charge on any atom is -0.301 e. The van der Waals surface area contributed by atoms with Crippen molar-refractivity contribution >= 4 is 28.2 Å². The number of benzene rings is 2. The zero-order valence-corrected chi connectivity index (χ0v) is 12.6. The van der Waals surface area contributed by atoms with Crippen molar-refractivity contribution in [3.63, 3.8) is 0 Å². The fourth-order valence-electron chi connectivity index (χ4n) is 2.21. The molecule has 0 saturated carbocycles. The Labute approximate surface area is 130 Å². The number of rotatable bonds is 3. The van der Waals surface area contributed by atoms with Crippen LogP contribution in [0.2, 0.25) is 0 Å². The van der Waals surface area contributed by atoms with Crippen molar-refractivity contribution in [3.8, 4) is 0 Å². The van der Waals surface area contributed by atoms with Gasteiger partial charge in [0.1, 0.15) is 4.91 Å². The van der Waals surface area contributed by atoms with Crippen LogP contribution in [0.15, 0.2) is 59.5 Å². The van der Waals surface area contributed by atoms with E-state index in [0.717, 1.165) is 11.6 Å². The normalized spacial score (nSPS) is 15.0. The average molecular weight is 311 g/mol. The van der Waals surface area contributed by atoms with Gasteiger partial charge >= 0.3 is 0 Å². The fourth-order valence-corrected chi connectivity index (χ4v) is 3.16. The van der Waals surface area contributed by atoms with Crippen LogP contribution in [0.25, 0.3) is 0 Å². The molecule has 3 rings (SSSR count). The monoisotopic (exact) mass is 311 g/mol. The molecule has 0 amide bonds. The van der Waals surface area contributed by atoms with E-state index in [4.69, 9.17) is 0 Å². The molecule has 1 atom stereocenters. The van der Waals surface area contributed by atoms with E-state index in [0.29, 0.717) is 16.8 Å². The molecule has 2 aromatic rings. The Kier molecular flexibility index (Phi) is 3.73. The summed E-state index contributed by atoms with van der Waals surface area (Å²) in [5.74, 6) is -0.683. The number of carbonyl (C=O) groups excluding carboxylic acids is 2. The summed E-state index contributed by atoms with van der Waals surface area (Å²) in [5, 5.41) is 0. The Bertz CT molecular complexity index is 822. The summed E-state index contributed by atoms with van der Waals surface area (Å²) in [4.78, 5) is 24.4. The molecule has 1 aliphatic carbocycles. The van der Waals surface area contributed by atoms with Crippen LogP contribution < -0.4 is 4.72 Å². The molecule has 0 aliphatic heterocycles. The summed E-state index contributed by atoms with van der Waals surface area (Å²) in [7, 11) is -1.78. The van der Waals surface area contributed by atoms with Gasteiger partial charge in [0.2, 0.25) is 5.78 Å². The number of nitrogens with one attached hydrogen (secondary N) is 1. The largest absolute Gasteiger partial charge is 0.301 e. The van der Waals surface area contributed by atoms with Gasteiger partial charge in [-0.15, -0.1) is 0 Å². The molecule has 1 aliphatic rings. The SMILES string of the molecule is Cc1ccc(NS(=O)C2=CC(=O)c3ccccc3C2=O)cc1. The number of Topliss-reactive ketones (excluding diaryl/α,β-unsaturated/α-hetero) is 1. The minimum absolute atomic E-state index is 0.0238. The molecule has 22 heavy (non-hydrogen) atoms. The van der Waals surface area contributed by atoms with E-state index >= 15 is 0 Å². The van der Waals surface area contributed by atoms with Gasteiger partial charge in [-0.3, -0.25) is 9.59 Å². The van der Waals surface area contributed by atoms with E-state index in [1.165, 1.54) is 0 Å². The molecule has 1 unspecified atom stereocenters. The molecule has 0 aromatic heterocycles. The van der Waals surface area contributed by atoms with Crippen LogP contribution in [0.1, 0.15) is 26.3 Å². The summed E-state index contributed by atoms with van der Waals surface area (Å²) in [6, 6.07) is 13.8. The van der Waals surface area contributed by atoms with Crippen LogP contribution in [0.3, 0.4) is 0 Å². The second kappa shape index (κ2) is 5.69. The topological polar surface area (TPSA) is 63.2 Å². The van der Waals surface area contributed by atoms with Crippen LogP contribution >= 0.6 is 0 Å². The number of fused-ring (bicyclic) bond motifs is 1. The van der Waals surface area contributed by atoms with Gasteiger partial charge < -0.3 is 4.72 Å². The molecule has 0 fully saturated rings. The predicted octanol–water partition coefficient (Wildman–Crippen LogP) is 3.03. The van der Waals surface area contributed by atoms with Crippen LogP contribution in [-0.4, -0.2) is 15.8 Å². The standard InChI is InChI=1S/C17H13NO3S/c1-11-6-8-12(9-7-11)18-22(21)16-10-15(19)13-4-2-3-5-14(13)17(16)20/h2-10,18H,1H3. The van der Waals surface area contributed by atoms with Gasteiger partial charge in [0.25, 0.3) is 0 Å². The smallest absolute Gasteiger partial charge is 0.204 e. The first-order valence-electron chi connectivity index (χ1n) is 6.71. The van der Waals surface area contributed by atoms with Crippen molar-refractivity contribution in [2.45, 2.75) is 6.92 Å². The van der Waals surface area contributed by atoms with E-state index in [-0.39, 0.29) is 16.5 Å². The molecular formula is C17H13NO3S. The third-order valence-corrected chi connectivity index (χ3v) is 4.51. The van der Waals surface area contributed by atoms with Gasteiger partial charge in [0, 0.05) is 22.9 Å². The minimum atomic E-state index is -1.78. The van der Waals surface area contributed by atoms with Gasteiger partial charge in [0.15, 0.2) is 16.8 Å². The number of ketones is 2. The summed E-state index contributed by atoms with van der Waals surface area (Å²) in [6.07, 6.45) is 1.15. The van der Waals surface area contributed by atoms with Crippen molar-refractivity contribution in [1.82, 2.24) is 0 Å². The Morgan fingerprint density at radius 3 is 2.23 bits per heavy atom. The van der Waals surface area contributed by atoms with E-state index in [1.54, 1.807) is 36.4 Å². The fraction of sp³-hybridized carbons (Fsp3) is 0.0588. The van der Waals surface area contributed by atoms with E-state index in [9.17, 15) is 13.8 Å². The van der Waals surface area contributed by atoms with Crippen LogP contribution in [0, 0.1) is 6.92 Å². The molecule has 4 nitrogen and oxygen atoms in total. The van der Waals surface area contributed by atoms with Crippen molar-refractivity contribution in [2.24, 2.45) is 0 Å². The maximum atomic E-state index is 12.4. The van der Waals surface area contributed by atoms with Gasteiger partial charge in [-0.25, -0.2) is 4.21 Å². The van der Waals surface area contributed by atoms with E-state index in [1.807, 2.05) is 19.1 Å². The molecule has 0 saturated heterocycles. The van der Waals surface area contributed by atoms with Crippen molar-refractivity contribution in [2.75, 3.05) is 4.72 Å². The highest BCUT2D eigenvalue weighted by molar-refractivity contribution is 7.91. The summed E-state index contributed by atoms with van der Waals surface area (Å²) >= 11 is 0.